The minimum absolute atomic E-state index is 0.0182. The van der Waals surface area contributed by atoms with E-state index in [1.807, 2.05) is 60.7 Å². The van der Waals surface area contributed by atoms with Crippen molar-refractivity contribution in [3.05, 3.63) is 90.0 Å². The second-order valence-corrected chi connectivity index (χ2v) is 13.0. The van der Waals surface area contributed by atoms with E-state index in [1.165, 1.54) is 0 Å². The zero-order chi connectivity index (χ0) is 35.1. The van der Waals surface area contributed by atoms with Crippen LogP contribution in [0.3, 0.4) is 0 Å². The maximum absolute atomic E-state index is 13.5. The molecule has 2 aromatic carbocycles. The quantitative estimate of drug-likeness (QED) is 0.114. The summed E-state index contributed by atoms with van der Waals surface area (Å²) in [5.74, 6) is -0.307. The number of H-pyrrole nitrogens is 1. The molecule has 48 heavy (non-hydrogen) atoms. The van der Waals surface area contributed by atoms with Gasteiger partial charge in [0.05, 0.1) is 24.3 Å². The van der Waals surface area contributed by atoms with E-state index in [1.54, 1.807) is 47.0 Å². The minimum atomic E-state index is -1.08. The fraction of sp³-hybridized carbons (Fsp3) is 0.486. The number of nitrogens with one attached hydrogen (secondary N) is 5. The van der Waals surface area contributed by atoms with Crippen LogP contribution in [0.1, 0.15) is 51.6 Å². The van der Waals surface area contributed by atoms with Crippen LogP contribution in [0, 0.1) is 5.92 Å². The summed E-state index contributed by atoms with van der Waals surface area (Å²) in [7, 11) is 0. The van der Waals surface area contributed by atoms with Crippen LogP contribution >= 0.6 is 0 Å². The molecule has 0 saturated carbocycles. The van der Waals surface area contributed by atoms with Gasteiger partial charge in [-0.25, -0.2) is 14.6 Å². The largest absolute Gasteiger partial charge is 0.444 e. The highest BCUT2D eigenvalue weighted by atomic mass is 16.6. The Morgan fingerprint density at radius 1 is 0.812 bits per heavy atom. The summed E-state index contributed by atoms with van der Waals surface area (Å²) in [6.07, 6.45) is 0.277. The molecule has 3 rings (SSSR count). The lowest BCUT2D eigenvalue weighted by atomic mass is 9.98. The molecule has 0 aliphatic carbocycles. The predicted molar refractivity (Wildman–Crippen MR) is 181 cm³/mol. The smallest absolute Gasteiger partial charge is 0.408 e. The Morgan fingerprint density at radius 3 is 1.83 bits per heavy atom. The number of carbonyl (C=O) groups excluding carboxylic acids is 3. The molecule has 0 saturated heterocycles. The van der Waals surface area contributed by atoms with Crippen molar-refractivity contribution in [2.75, 3.05) is 13.1 Å². The highest BCUT2D eigenvalue weighted by Crippen LogP contribution is 2.12. The van der Waals surface area contributed by atoms with Gasteiger partial charge in [0.1, 0.15) is 17.5 Å². The molecule has 0 spiro atoms. The van der Waals surface area contributed by atoms with Crippen LogP contribution in [0.4, 0.5) is 9.59 Å². The van der Waals surface area contributed by atoms with Crippen molar-refractivity contribution in [1.29, 1.82) is 0 Å². The Bertz CT molecular complexity index is 1380. The van der Waals surface area contributed by atoms with E-state index in [4.69, 9.17) is 9.47 Å². The lowest BCUT2D eigenvalue weighted by molar-refractivity contribution is -0.125. The van der Waals surface area contributed by atoms with Crippen molar-refractivity contribution in [3.8, 4) is 0 Å². The van der Waals surface area contributed by atoms with Gasteiger partial charge in [0.2, 0.25) is 5.91 Å². The topological polar surface area (TPSA) is 187 Å². The highest BCUT2D eigenvalue weighted by molar-refractivity contribution is 5.86. The third-order valence-corrected chi connectivity index (χ3v) is 7.38. The zero-order valence-corrected chi connectivity index (χ0v) is 28.3. The number of hydrogen-bond acceptors (Lipinski definition) is 9. The number of aliphatic hydroxyl groups excluding tert-OH is 2. The van der Waals surface area contributed by atoms with Gasteiger partial charge in [0.25, 0.3) is 0 Å². The molecule has 0 unspecified atom stereocenters. The van der Waals surface area contributed by atoms with Crippen LogP contribution in [0.5, 0.6) is 0 Å². The van der Waals surface area contributed by atoms with E-state index in [0.29, 0.717) is 18.7 Å². The first-order valence-electron chi connectivity index (χ1n) is 16.2. The van der Waals surface area contributed by atoms with Crippen molar-refractivity contribution < 1.29 is 34.1 Å². The monoisotopic (exact) mass is 666 g/mol. The van der Waals surface area contributed by atoms with Gasteiger partial charge < -0.3 is 45.9 Å². The molecule has 1 aromatic heterocycles. The molecule has 0 aliphatic heterocycles. The third kappa shape index (κ3) is 13.7. The number of alkyl carbamates (subject to hydrolysis) is 2. The van der Waals surface area contributed by atoms with Crippen molar-refractivity contribution in [1.82, 2.24) is 31.2 Å². The summed E-state index contributed by atoms with van der Waals surface area (Å²) in [6.45, 7) is 8.83. The Kier molecular flexibility index (Phi) is 14.9. The number of aromatic amines is 1. The standard InChI is InChI=1S/C35H50N6O7/c1-23(2)31(41-33(45)47-22-30-37-16-17-38-30)32(44)39-26(18-24-12-8-6-9-13-24)28(42)20-36-21-29(43)27(19-25-14-10-7-11-15-25)40-34(46)48-35(3,4)5/h6-17,23,26-29,31,36,42-43H,18-22H2,1-5H3,(H,37,38)(H,39,44)(H,40,46)(H,41,45)/t26-,27-,28-,29+,31-/m0/s1. The summed E-state index contributed by atoms with van der Waals surface area (Å²) in [6, 6.07) is 16.5. The second kappa shape index (κ2) is 18.8. The second-order valence-electron chi connectivity index (χ2n) is 13.0. The first kappa shape index (κ1) is 38.0. The van der Waals surface area contributed by atoms with Crippen LogP contribution in [-0.2, 0) is 33.7 Å². The van der Waals surface area contributed by atoms with Crippen LogP contribution < -0.4 is 21.3 Å². The highest BCUT2D eigenvalue weighted by Gasteiger charge is 2.30. The molecular weight excluding hydrogens is 616 g/mol. The molecule has 0 radical (unpaired) electrons. The molecule has 3 amide bonds. The molecule has 0 fully saturated rings. The number of nitrogens with zero attached hydrogens (tertiary/aromatic N) is 1. The van der Waals surface area contributed by atoms with Gasteiger partial charge in [0.15, 0.2) is 6.61 Å². The Hall–Kier alpha value is -4.46. The average Bonchev–Trinajstić information content (AvgIpc) is 3.55. The first-order chi connectivity index (χ1) is 22.8. The van der Waals surface area contributed by atoms with Crippen molar-refractivity contribution >= 4 is 18.1 Å². The SMILES string of the molecule is CC(C)[C@H](NC(=O)OCc1ncc[nH]1)C(=O)N[C@@H](Cc1ccccc1)[C@@H](O)CNC[C@@H](O)[C@H](Cc1ccccc1)NC(=O)OC(C)(C)C. The number of carbonyl (C=O) groups is 3. The van der Waals surface area contributed by atoms with Crippen molar-refractivity contribution in [2.24, 2.45) is 5.92 Å². The summed E-state index contributed by atoms with van der Waals surface area (Å²) in [5, 5.41) is 33.8. The third-order valence-electron chi connectivity index (χ3n) is 7.38. The van der Waals surface area contributed by atoms with E-state index >= 15 is 0 Å². The van der Waals surface area contributed by atoms with E-state index in [-0.39, 0.29) is 25.6 Å². The molecule has 0 aliphatic rings. The number of benzene rings is 2. The van der Waals surface area contributed by atoms with Crippen LogP contribution in [0.15, 0.2) is 73.1 Å². The molecule has 7 N–H and O–H groups in total. The van der Waals surface area contributed by atoms with E-state index in [0.717, 1.165) is 11.1 Å². The minimum Gasteiger partial charge on any atom is -0.444 e. The number of aromatic nitrogens is 2. The molecule has 3 aromatic rings. The number of imidazole rings is 1. The zero-order valence-electron chi connectivity index (χ0n) is 28.3. The molecule has 262 valence electrons. The molecule has 5 atom stereocenters. The van der Waals surface area contributed by atoms with Crippen molar-refractivity contribution in [3.63, 3.8) is 0 Å². The Balaban J connectivity index is 1.64. The van der Waals surface area contributed by atoms with Gasteiger partial charge in [-0.2, -0.15) is 0 Å². The number of amides is 3. The normalized spacial score (nSPS) is 14.7. The first-order valence-corrected chi connectivity index (χ1v) is 16.2. The fourth-order valence-corrected chi connectivity index (χ4v) is 4.91. The summed E-state index contributed by atoms with van der Waals surface area (Å²) < 4.78 is 10.6. The fourth-order valence-electron chi connectivity index (χ4n) is 4.91. The summed E-state index contributed by atoms with van der Waals surface area (Å²) >= 11 is 0. The van der Waals surface area contributed by atoms with Crippen LogP contribution in [0.25, 0.3) is 0 Å². The Labute approximate surface area is 282 Å². The van der Waals surface area contributed by atoms with Crippen LogP contribution in [0.2, 0.25) is 0 Å². The van der Waals surface area contributed by atoms with Gasteiger partial charge in [0, 0.05) is 25.5 Å². The molecule has 13 nitrogen and oxygen atoms in total. The number of rotatable bonds is 17. The maximum Gasteiger partial charge on any atom is 0.408 e. The lowest BCUT2D eigenvalue weighted by Gasteiger charge is -2.30. The van der Waals surface area contributed by atoms with E-state index in [9.17, 15) is 24.6 Å². The van der Waals surface area contributed by atoms with E-state index < -0.39 is 54.0 Å². The molecule has 0 bridgehead atoms. The molecular formula is C35H50N6O7. The van der Waals surface area contributed by atoms with Gasteiger partial charge in [-0.1, -0.05) is 74.5 Å². The number of aliphatic hydroxyl groups is 2. The van der Waals surface area contributed by atoms with E-state index in [2.05, 4.69) is 31.2 Å². The van der Waals surface area contributed by atoms with Crippen molar-refractivity contribution in [2.45, 2.75) is 90.0 Å². The maximum atomic E-state index is 13.5. The van der Waals surface area contributed by atoms with Gasteiger partial charge in [-0.3, -0.25) is 4.79 Å². The van der Waals surface area contributed by atoms with Crippen LogP contribution in [-0.4, -0.2) is 87.3 Å². The molecule has 13 heteroatoms. The molecule has 1 heterocycles. The number of ether oxygens (including phenoxy) is 2. The van der Waals surface area contributed by atoms with Gasteiger partial charge in [-0.05, 0) is 50.7 Å². The number of hydrogen-bond donors (Lipinski definition) is 7. The predicted octanol–water partition coefficient (Wildman–Crippen LogP) is 2.84. The summed E-state index contributed by atoms with van der Waals surface area (Å²) in [4.78, 5) is 45.4. The average molecular weight is 667 g/mol. The van der Waals surface area contributed by atoms with Gasteiger partial charge >= 0.3 is 12.2 Å². The lowest BCUT2D eigenvalue weighted by Crippen LogP contribution is -2.57. The Morgan fingerprint density at radius 2 is 1.35 bits per heavy atom. The van der Waals surface area contributed by atoms with Gasteiger partial charge in [-0.15, -0.1) is 0 Å². The summed E-state index contributed by atoms with van der Waals surface area (Å²) in [5.41, 5.74) is 1.09.